The van der Waals surface area contributed by atoms with E-state index in [0.29, 0.717) is 12.1 Å². The van der Waals surface area contributed by atoms with Crippen LogP contribution < -0.4 is 0 Å². The molecule has 4 heteroatoms. The van der Waals surface area contributed by atoms with E-state index < -0.39 is 5.60 Å². The molecular formula is C12H13NO3. The number of hydrogen-bond donors (Lipinski definition) is 1. The third-order valence-corrected chi connectivity index (χ3v) is 3.10. The van der Waals surface area contributed by atoms with Crippen LogP contribution in [0.15, 0.2) is 24.3 Å². The Morgan fingerprint density at radius 3 is 2.81 bits per heavy atom. The number of carbonyl (C=O) groups excluding carboxylic acids is 1. The van der Waals surface area contributed by atoms with Crippen LogP contribution in [0.5, 0.6) is 0 Å². The van der Waals surface area contributed by atoms with Gasteiger partial charge in [-0.25, -0.2) is 5.06 Å². The maximum Gasteiger partial charge on any atom is 0.278 e. The topological polar surface area (TPSA) is 49.8 Å². The average Bonchev–Trinajstić information content (AvgIpc) is 2.94. The van der Waals surface area contributed by atoms with Crippen LogP contribution in [0, 0.1) is 0 Å². The quantitative estimate of drug-likeness (QED) is 0.828. The van der Waals surface area contributed by atoms with Gasteiger partial charge in [0.2, 0.25) is 0 Å². The van der Waals surface area contributed by atoms with Crippen molar-refractivity contribution in [2.75, 3.05) is 6.61 Å². The van der Waals surface area contributed by atoms with Gasteiger partial charge in [-0.2, -0.15) is 0 Å². The van der Waals surface area contributed by atoms with Gasteiger partial charge in [-0.05, 0) is 24.5 Å². The number of benzene rings is 1. The number of fused-ring (bicyclic) bond motifs is 1. The molecule has 1 aliphatic heterocycles. The molecule has 0 radical (unpaired) electrons. The average molecular weight is 219 g/mol. The summed E-state index contributed by atoms with van der Waals surface area (Å²) in [5.41, 5.74) is 0.996. The molecule has 0 unspecified atom stereocenters. The highest BCUT2D eigenvalue weighted by Gasteiger charge is 2.42. The first-order valence-corrected chi connectivity index (χ1v) is 5.43. The minimum absolute atomic E-state index is 0.111. The second-order valence-electron chi connectivity index (χ2n) is 4.50. The van der Waals surface area contributed by atoms with Gasteiger partial charge >= 0.3 is 0 Å². The maximum absolute atomic E-state index is 11.9. The first-order chi connectivity index (χ1) is 7.68. The summed E-state index contributed by atoms with van der Waals surface area (Å²) in [5, 5.41) is 11.0. The first-order valence-electron chi connectivity index (χ1n) is 5.43. The molecule has 1 N–H and O–H groups in total. The van der Waals surface area contributed by atoms with Crippen LogP contribution in [0.4, 0.5) is 0 Å². The minimum atomic E-state index is -0.685. The van der Waals surface area contributed by atoms with Crippen molar-refractivity contribution in [1.82, 2.24) is 5.06 Å². The summed E-state index contributed by atoms with van der Waals surface area (Å²) < 4.78 is 0. The third kappa shape index (κ3) is 1.60. The molecule has 1 fully saturated rings. The van der Waals surface area contributed by atoms with Crippen molar-refractivity contribution in [3.05, 3.63) is 35.4 Å². The van der Waals surface area contributed by atoms with E-state index in [9.17, 15) is 9.90 Å². The molecule has 0 atom stereocenters. The number of hydrogen-bond acceptors (Lipinski definition) is 3. The van der Waals surface area contributed by atoms with Gasteiger partial charge in [0, 0.05) is 5.56 Å². The molecule has 1 aromatic rings. The van der Waals surface area contributed by atoms with Crippen molar-refractivity contribution in [2.24, 2.45) is 0 Å². The van der Waals surface area contributed by atoms with Gasteiger partial charge in [-0.15, -0.1) is 0 Å². The molecule has 3 rings (SSSR count). The zero-order valence-electron chi connectivity index (χ0n) is 8.85. The lowest BCUT2D eigenvalue weighted by atomic mass is 10.1. The molecule has 0 spiro atoms. The number of nitrogens with zero attached hydrogens (tertiary/aromatic N) is 1. The van der Waals surface area contributed by atoms with Crippen LogP contribution in [0.1, 0.15) is 28.8 Å². The molecule has 0 aromatic heterocycles. The summed E-state index contributed by atoms with van der Waals surface area (Å²) in [6.45, 7) is 0.692. The van der Waals surface area contributed by atoms with Gasteiger partial charge in [0.1, 0.15) is 6.61 Å². The standard InChI is InChI=1S/C12H13NO3/c14-11-10-4-2-1-3-9(10)7-13(11)16-8-12(15)5-6-12/h1-4,15H,5-8H2. The highest BCUT2D eigenvalue weighted by molar-refractivity contribution is 5.97. The molecule has 1 aromatic carbocycles. The predicted octanol–water partition coefficient (Wildman–Crippen LogP) is 1.10. The Bertz CT molecular complexity index is 440. The summed E-state index contributed by atoms with van der Waals surface area (Å²) in [6, 6.07) is 7.47. The monoisotopic (exact) mass is 219 g/mol. The summed E-state index contributed by atoms with van der Waals surface area (Å²) in [7, 11) is 0. The Balaban J connectivity index is 1.70. The number of aliphatic hydroxyl groups is 1. The van der Waals surface area contributed by atoms with Gasteiger partial charge in [0.15, 0.2) is 0 Å². The molecule has 84 valence electrons. The molecule has 1 heterocycles. The molecular weight excluding hydrogens is 206 g/mol. The molecule has 0 saturated heterocycles. The Morgan fingerprint density at radius 1 is 1.38 bits per heavy atom. The lowest BCUT2D eigenvalue weighted by Crippen LogP contribution is -2.29. The second kappa shape index (κ2) is 3.30. The number of amides is 1. The molecule has 1 aliphatic carbocycles. The lowest BCUT2D eigenvalue weighted by Gasteiger charge is -2.17. The van der Waals surface area contributed by atoms with Crippen LogP contribution in [0.25, 0.3) is 0 Å². The van der Waals surface area contributed by atoms with E-state index in [1.165, 1.54) is 5.06 Å². The summed E-state index contributed by atoms with van der Waals surface area (Å²) >= 11 is 0. The fourth-order valence-corrected chi connectivity index (χ4v) is 1.82. The van der Waals surface area contributed by atoms with Crippen molar-refractivity contribution in [3.8, 4) is 0 Å². The van der Waals surface area contributed by atoms with E-state index in [-0.39, 0.29) is 12.5 Å². The maximum atomic E-state index is 11.9. The van der Waals surface area contributed by atoms with E-state index in [4.69, 9.17) is 4.84 Å². The fraction of sp³-hybridized carbons (Fsp3) is 0.417. The van der Waals surface area contributed by atoms with Gasteiger partial charge in [0.05, 0.1) is 12.1 Å². The molecule has 0 bridgehead atoms. The predicted molar refractivity (Wildman–Crippen MR) is 56.5 cm³/mol. The fourth-order valence-electron chi connectivity index (χ4n) is 1.82. The molecule has 1 saturated carbocycles. The number of hydroxylamine groups is 2. The van der Waals surface area contributed by atoms with E-state index >= 15 is 0 Å². The first kappa shape index (κ1) is 9.81. The zero-order valence-corrected chi connectivity index (χ0v) is 8.85. The van der Waals surface area contributed by atoms with Crippen LogP contribution in [0.3, 0.4) is 0 Å². The van der Waals surface area contributed by atoms with Crippen LogP contribution >= 0.6 is 0 Å². The molecule has 16 heavy (non-hydrogen) atoms. The SMILES string of the molecule is O=C1c2ccccc2CN1OCC1(O)CC1. The Morgan fingerprint density at radius 2 is 2.12 bits per heavy atom. The van der Waals surface area contributed by atoms with Gasteiger partial charge < -0.3 is 5.11 Å². The largest absolute Gasteiger partial charge is 0.387 e. The van der Waals surface area contributed by atoms with Crippen LogP contribution in [-0.2, 0) is 11.4 Å². The van der Waals surface area contributed by atoms with E-state index in [1.807, 2.05) is 18.2 Å². The van der Waals surface area contributed by atoms with Crippen LogP contribution in [-0.4, -0.2) is 28.3 Å². The normalized spacial score (nSPS) is 21.1. The highest BCUT2D eigenvalue weighted by Crippen LogP contribution is 2.36. The van der Waals surface area contributed by atoms with Crippen molar-refractivity contribution in [3.63, 3.8) is 0 Å². The minimum Gasteiger partial charge on any atom is -0.387 e. The van der Waals surface area contributed by atoms with Crippen molar-refractivity contribution < 1.29 is 14.7 Å². The van der Waals surface area contributed by atoms with E-state index in [1.54, 1.807) is 6.07 Å². The number of rotatable bonds is 3. The Kier molecular flexibility index (Phi) is 2.02. The summed E-state index contributed by atoms with van der Waals surface area (Å²) in [6.07, 6.45) is 1.53. The van der Waals surface area contributed by atoms with Crippen molar-refractivity contribution in [1.29, 1.82) is 0 Å². The van der Waals surface area contributed by atoms with Crippen molar-refractivity contribution >= 4 is 5.91 Å². The third-order valence-electron chi connectivity index (χ3n) is 3.10. The Hall–Kier alpha value is -1.39. The Labute approximate surface area is 93.4 Å². The zero-order chi connectivity index (χ0) is 11.2. The van der Waals surface area contributed by atoms with Gasteiger partial charge in [-0.3, -0.25) is 9.63 Å². The summed E-state index contributed by atoms with van der Waals surface area (Å²) in [4.78, 5) is 17.2. The van der Waals surface area contributed by atoms with Gasteiger partial charge in [0.25, 0.3) is 5.91 Å². The van der Waals surface area contributed by atoms with E-state index in [0.717, 1.165) is 18.4 Å². The van der Waals surface area contributed by atoms with E-state index in [2.05, 4.69) is 0 Å². The molecule has 1 amide bonds. The lowest BCUT2D eigenvalue weighted by molar-refractivity contribution is -0.152. The second-order valence-corrected chi connectivity index (χ2v) is 4.50. The van der Waals surface area contributed by atoms with Gasteiger partial charge in [-0.1, -0.05) is 18.2 Å². The summed E-state index contributed by atoms with van der Waals surface area (Å²) in [5.74, 6) is -0.111. The molecule has 4 nitrogen and oxygen atoms in total. The van der Waals surface area contributed by atoms with Crippen LogP contribution in [0.2, 0.25) is 0 Å². The highest BCUT2D eigenvalue weighted by atomic mass is 16.7. The smallest absolute Gasteiger partial charge is 0.278 e. The van der Waals surface area contributed by atoms with Crippen molar-refractivity contribution in [2.45, 2.75) is 25.0 Å². The molecule has 2 aliphatic rings. The number of carbonyl (C=O) groups is 1.